The highest BCUT2D eigenvalue weighted by atomic mass is 32.1. The number of benzene rings is 5. The van der Waals surface area contributed by atoms with E-state index < -0.39 is 0 Å². The summed E-state index contributed by atoms with van der Waals surface area (Å²) >= 11 is 1.76. The van der Waals surface area contributed by atoms with Gasteiger partial charge in [0.05, 0.1) is 12.7 Å². The molecular formula is C32H21N3O2S. The Bertz CT molecular complexity index is 1980. The van der Waals surface area contributed by atoms with Crippen molar-refractivity contribution in [1.82, 2.24) is 15.0 Å². The number of aromatic nitrogens is 3. The maximum atomic E-state index is 10.4. The number of rotatable bonds is 4. The molecule has 0 fully saturated rings. The van der Waals surface area contributed by atoms with Crippen LogP contribution in [0.3, 0.4) is 0 Å². The third kappa shape index (κ3) is 3.66. The average Bonchev–Trinajstić information content (AvgIpc) is 3.35. The molecule has 0 atom stereocenters. The maximum absolute atomic E-state index is 10.4. The second-order valence-electron chi connectivity index (χ2n) is 9.01. The number of hydrogen-bond donors (Lipinski definition) is 1. The first kappa shape index (κ1) is 22.4. The van der Waals surface area contributed by atoms with Crippen molar-refractivity contribution in [1.29, 1.82) is 0 Å². The first-order valence-corrected chi connectivity index (χ1v) is 13.0. The van der Waals surface area contributed by atoms with Crippen LogP contribution < -0.4 is 4.74 Å². The fourth-order valence-corrected chi connectivity index (χ4v) is 6.19. The summed E-state index contributed by atoms with van der Waals surface area (Å²) in [6.07, 6.45) is 0. The Labute approximate surface area is 222 Å². The van der Waals surface area contributed by atoms with Gasteiger partial charge in [-0.1, -0.05) is 78.9 Å². The fraction of sp³-hybridized carbons (Fsp3) is 0.0312. The summed E-state index contributed by atoms with van der Waals surface area (Å²) in [6.45, 7) is 0. The smallest absolute Gasteiger partial charge is 0.320 e. The molecule has 0 amide bonds. The summed E-state index contributed by atoms with van der Waals surface area (Å²) in [6, 6.07) is 34.9. The zero-order valence-electron chi connectivity index (χ0n) is 20.4. The lowest BCUT2D eigenvalue weighted by atomic mass is 9.97. The van der Waals surface area contributed by atoms with Crippen molar-refractivity contribution in [3.05, 3.63) is 103 Å². The molecule has 0 spiro atoms. The molecule has 0 saturated carbocycles. The van der Waals surface area contributed by atoms with Crippen molar-refractivity contribution >= 4 is 42.3 Å². The van der Waals surface area contributed by atoms with Crippen molar-refractivity contribution in [2.24, 2.45) is 0 Å². The van der Waals surface area contributed by atoms with Crippen molar-refractivity contribution < 1.29 is 9.84 Å². The lowest BCUT2D eigenvalue weighted by Crippen LogP contribution is -2.01. The summed E-state index contributed by atoms with van der Waals surface area (Å²) in [7, 11) is 1.53. The van der Waals surface area contributed by atoms with Crippen molar-refractivity contribution in [2.45, 2.75) is 0 Å². The van der Waals surface area contributed by atoms with Gasteiger partial charge in [0.15, 0.2) is 11.6 Å². The molecule has 2 heterocycles. The summed E-state index contributed by atoms with van der Waals surface area (Å²) in [4.78, 5) is 13.8. The van der Waals surface area contributed by atoms with Gasteiger partial charge in [0, 0.05) is 25.7 Å². The van der Waals surface area contributed by atoms with Crippen LogP contribution >= 0.6 is 11.3 Å². The molecule has 38 heavy (non-hydrogen) atoms. The van der Waals surface area contributed by atoms with Gasteiger partial charge in [-0.25, -0.2) is 4.98 Å². The van der Waals surface area contributed by atoms with E-state index in [0.29, 0.717) is 17.2 Å². The minimum absolute atomic E-state index is 0.103. The van der Waals surface area contributed by atoms with E-state index in [-0.39, 0.29) is 11.8 Å². The lowest BCUT2D eigenvalue weighted by Gasteiger charge is -2.11. The Hall–Kier alpha value is -4.81. The molecular weight excluding hydrogens is 490 g/mol. The Morgan fingerprint density at radius 3 is 2.11 bits per heavy atom. The van der Waals surface area contributed by atoms with Crippen LogP contribution in [0, 0.1) is 0 Å². The second kappa shape index (κ2) is 8.94. The predicted molar refractivity (Wildman–Crippen MR) is 155 cm³/mol. The highest BCUT2D eigenvalue weighted by Gasteiger charge is 2.18. The van der Waals surface area contributed by atoms with Crippen LogP contribution in [-0.2, 0) is 0 Å². The molecule has 1 N–H and O–H groups in total. The number of hydrogen-bond acceptors (Lipinski definition) is 6. The van der Waals surface area contributed by atoms with Gasteiger partial charge < -0.3 is 9.84 Å². The monoisotopic (exact) mass is 511 g/mol. The van der Waals surface area contributed by atoms with Gasteiger partial charge in [-0.15, -0.1) is 11.3 Å². The van der Waals surface area contributed by atoms with Gasteiger partial charge in [0.25, 0.3) is 0 Å². The second-order valence-corrected chi connectivity index (χ2v) is 10.1. The van der Waals surface area contributed by atoms with E-state index in [1.165, 1.54) is 33.7 Å². The molecule has 5 nitrogen and oxygen atoms in total. The molecule has 182 valence electrons. The molecule has 0 radical (unpaired) electrons. The fourth-order valence-electron chi connectivity index (χ4n) is 4.99. The molecule has 6 heteroatoms. The van der Waals surface area contributed by atoms with Gasteiger partial charge in [-0.05, 0) is 46.2 Å². The highest BCUT2D eigenvalue weighted by Crippen LogP contribution is 2.43. The number of para-hydroxylation sites is 1. The van der Waals surface area contributed by atoms with Gasteiger partial charge in [-0.2, -0.15) is 9.97 Å². The zero-order chi connectivity index (χ0) is 25.6. The standard InChI is InChI=1S/C32H21N3O2S/c1-37-32-34-30(23-13-7-8-14-26(23)36)33-31(35-32)25-18-28-29(22-12-6-5-11-21(22)25)24-16-15-20(17-27(24)38-28)19-9-3-2-4-10-19/h2-18,36H,1H3. The third-order valence-corrected chi connectivity index (χ3v) is 7.87. The number of aromatic hydroxyl groups is 1. The van der Waals surface area contributed by atoms with E-state index in [2.05, 4.69) is 76.7 Å². The molecule has 0 aliphatic heterocycles. The maximum Gasteiger partial charge on any atom is 0.320 e. The normalized spacial score (nSPS) is 11.4. The number of nitrogens with zero attached hydrogens (tertiary/aromatic N) is 3. The first-order chi connectivity index (χ1) is 18.7. The number of phenols is 1. The number of thiophene rings is 1. The van der Waals surface area contributed by atoms with Crippen LogP contribution in [-0.4, -0.2) is 27.2 Å². The SMILES string of the molecule is COc1nc(-c2ccccc2O)nc(-c2cc3sc4cc(-c5ccccc5)ccc4c3c3ccccc23)n1. The van der Waals surface area contributed by atoms with Crippen molar-refractivity contribution in [3.8, 4) is 45.7 Å². The first-order valence-electron chi connectivity index (χ1n) is 12.2. The lowest BCUT2D eigenvalue weighted by molar-refractivity contribution is 0.379. The third-order valence-electron chi connectivity index (χ3n) is 6.77. The molecule has 0 aliphatic rings. The quantitative estimate of drug-likeness (QED) is 0.258. The van der Waals surface area contributed by atoms with Crippen molar-refractivity contribution in [3.63, 3.8) is 0 Å². The molecule has 7 aromatic rings. The van der Waals surface area contributed by atoms with E-state index >= 15 is 0 Å². The molecule has 0 aliphatic carbocycles. The molecule has 7 rings (SSSR count). The summed E-state index contributed by atoms with van der Waals surface area (Å²) in [5.41, 5.74) is 3.81. The van der Waals surface area contributed by atoms with Crippen LogP contribution in [0.2, 0.25) is 0 Å². The van der Waals surface area contributed by atoms with Crippen LogP contribution in [0.4, 0.5) is 0 Å². The zero-order valence-corrected chi connectivity index (χ0v) is 21.2. The van der Waals surface area contributed by atoms with E-state index in [4.69, 9.17) is 9.72 Å². The molecule has 0 unspecified atom stereocenters. The van der Waals surface area contributed by atoms with E-state index in [1.807, 2.05) is 18.2 Å². The molecule has 0 saturated heterocycles. The van der Waals surface area contributed by atoms with Crippen molar-refractivity contribution in [2.75, 3.05) is 7.11 Å². The van der Waals surface area contributed by atoms with Gasteiger partial charge in [0.1, 0.15) is 5.75 Å². The number of phenolic OH excluding ortho intramolecular Hbond substituents is 1. The van der Waals surface area contributed by atoms with E-state index in [0.717, 1.165) is 21.0 Å². The number of methoxy groups -OCH3 is 1. The van der Waals surface area contributed by atoms with E-state index in [1.54, 1.807) is 29.5 Å². The predicted octanol–water partition coefficient (Wildman–Crippen LogP) is 8.11. The Morgan fingerprint density at radius 1 is 0.605 bits per heavy atom. The minimum atomic E-state index is 0.103. The number of fused-ring (bicyclic) bond motifs is 5. The molecule has 5 aromatic carbocycles. The Kier molecular flexibility index (Phi) is 5.27. The minimum Gasteiger partial charge on any atom is -0.507 e. The highest BCUT2D eigenvalue weighted by molar-refractivity contribution is 7.26. The summed E-state index contributed by atoms with van der Waals surface area (Å²) in [5, 5.41) is 15.1. The van der Waals surface area contributed by atoms with Crippen LogP contribution in [0.25, 0.3) is 64.8 Å². The Balaban J connectivity index is 1.49. The van der Waals surface area contributed by atoms with Crippen LogP contribution in [0.1, 0.15) is 0 Å². The Morgan fingerprint density at radius 2 is 1.32 bits per heavy atom. The van der Waals surface area contributed by atoms with E-state index in [9.17, 15) is 5.11 Å². The molecule has 0 bridgehead atoms. The largest absolute Gasteiger partial charge is 0.507 e. The molecule has 2 aromatic heterocycles. The van der Waals surface area contributed by atoms with Gasteiger partial charge in [-0.3, -0.25) is 0 Å². The van der Waals surface area contributed by atoms with Gasteiger partial charge >= 0.3 is 6.01 Å². The topological polar surface area (TPSA) is 68.1 Å². The summed E-state index contributed by atoms with van der Waals surface area (Å²) in [5.74, 6) is 0.958. The van der Waals surface area contributed by atoms with Crippen LogP contribution in [0.5, 0.6) is 11.8 Å². The average molecular weight is 512 g/mol. The summed E-state index contributed by atoms with van der Waals surface area (Å²) < 4.78 is 7.82. The van der Waals surface area contributed by atoms with Gasteiger partial charge in [0.2, 0.25) is 0 Å². The number of ether oxygens (including phenoxy) is 1. The van der Waals surface area contributed by atoms with Crippen LogP contribution in [0.15, 0.2) is 103 Å².